The molecule has 0 saturated carbocycles. The van der Waals surface area contributed by atoms with E-state index in [4.69, 9.17) is 4.74 Å². The second-order valence-corrected chi connectivity index (χ2v) is 7.00. The highest BCUT2D eigenvalue weighted by Gasteiger charge is 2.08. The molecule has 0 aliphatic rings. The van der Waals surface area contributed by atoms with Crippen LogP contribution in [0.3, 0.4) is 0 Å². The van der Waals surface area contributed by atoms with E-state index in [1.807, 2.05) is 38.1 Å². The Labute approximate surface area is 143 Å². The predicted molar refractivity (Wildman–Crippen MR) is 96.1 cm³/mol. The Morgan fingerprint density at radius 2 is 1.62 bits per heavy atom. The van der Waals surface area contributed by atoms with Gasteiger partial charge in [0.25, 0.3) is 0 Å². The zero-order chi connectivity index (χ0) is 15.4. The molecule has 0 saturated heterocycles. The van der Waals surface area contributed by atoms with Crippen molar-refractivity contribution in [3.05, 3.63) is 57.0 Å². The van der Waals surface area contributed by atoms with Gasteiger partial charge in [0.1, 0.15) is 5.75 Å². The van der Waals surface area contributed by atoms with Crippen LogP contribution in [0.25, 0.3) is 0 Å². The van der Waals surface area contributed by atoms with E-state index in [0.29, 0.717) is 0 Å². The molecule has 0 radical (unpaired) electrons. The Balaban J connectivity index is 2.09. The summed E-state index contributed by atoms with van der Waals surface area (Å²) in [7, 11) is 0. The van der Waals surface area contributed by atoms with Gasteiger partial charge in [-0.3, -0.25) is 0 Å². The largest absolute Gasteiger partial charge is 0.491 e. The highest BCUT2D eigenvalue weighted by molar-refractivity contribution is 9.11. The first-order chi connectivity index (χ1) is 9.95. The van der Waals surface area contributed by atoms with Crippen molar-refractivity contribution in [2.24, 2.45) is 0 Å². The van der Waals surface area contributed by atoms with Gasteiger partial charge in [0.2, 0.25) is 0 Å². The third kappa shape index (κ3) is 4.75. The number of anilines is 1. The van der Waals surface area contributed by atoms with Crippen molar-refractivity contribution in [1.82, 2.24) is 0 Å². The van der Waals surface area contributed by atoms with E-state index in [1.165, 1.54) is 5.56 Å². The molecule has 0 aliphatic carbocycles. The maximum absolute atomic E-state index is 5.67. The first-order valence-corrected chi connectivity index (χ1v) is 8.52. The van der Waals surface area contributed by atoms with E-state index in [9.17, 15) is 0 Å². The number of halogens is 2. The summed E-state index contributed by atoms with van der Waals surface area (Å²) >= 11 is 7.06. The summed E-state index contributed by atoms with van der Waals surface area (Å²) in [6, 6.07) is 14.5. The summed E-state index contributed by atoms with van der Waals surface area (Å²) in [5.74, 6) is 0.907. The lowest BCUT2D eigenvalue weighted by Gasteiger charge is -2.18. The molecule has 2 rings (SSSR count). The lowest BCUT2D eigenvalue weighted by Crippen LogP contribution is -2.08. The molecule has 0 fully saturated rings. The molecule has 2 nitrogen and oxygen atoms in total. The van der Waals surface area contributed by atoms with Crippen molar-refractivity contribution in [2.75, 3.05) is 5.32 Å². The Morgan fingerprint density at radius 3 is 2.24 bits per heavy atom. The topological polar surface area (TPSA) is 21.3 Å². The molecule has 2 aromatic carbocycles. The predicted octanol–water partition coefficient (Wildman–Crippen LogP) is 6.17. The molecule has 21 heavy (non-hydrogen) atoms. The molecule has 4 heteroatoms. The molecule has 1 atom stereocenters. The average Bonchev–Trinajstić information content (AvgIpc) is 2.43. The Kier molecular flexibility index (Phi) is 5.71. The van der Waals surface area contributed by atoms with Gasteiger partial charge in [-0.15, -0.1) is 0 Å². The molecule has 2 aromatic rings. The van der Waals surface area contributed by atoms with Gasteiger partial charge in [-0.1, -0.05) is 28.1 Å². The number of ether oxygens (including phenoxy) is 1. The first-order valence-electron chi connectivity index (χ1n) is 6.94. The molecule has 0 bridgehead atoms. The summed E-state index contributed by atoms with van der Waals surface area (Å²) < 4.78 is 7.78. The van der Waals surface area contributed by atoms with Gasteiger partial charge in [-0.25, -0.2) is 0 Å². The Hall–Kier alpha value is -1.00. The summed E-state index contributed by atoms with van der Waals surface area (Å²) in [5.41, 5.74) is 2.29. The summed E-state index contributed by atoms with van der Waals surface area (Å²) in [5, 5.41) is 3.51. The summed E-state index contributed by atoms with van der Waals surface area (Å²) in [6.07, 6.45) is 0.198. The molecule has 0 aliphatic heterocycles. The SMILES string of the molecule is CC(C)Oc1ccc(C(C)Nc2cc(Br)ccc2Br)cc1. The summed E-state index contributed by atoms with van der Waals surface area (Å²) in [6.45, 7) is 6.21. The van der Waals surface area contributed by atoms with Crippen molar-refractivity contribution < 1.29 is 4.74 Å². The van der Waals surface area contributed by atoms with Gasteiger partial charge in [-0.2, -0.15) is 0 Å². The molecule has 0 aromatic heterocycles. The van der Waals surface area contributed by atoms with Crippen LogP contribution >= 0.6 is 31.9 Å². The number of hydrogen-bond acceptors (Lipinski definition) is 2. The van der Waals surface area contributed by atoms with Crippen molar-refractivity contribution in [3.8, 4) is 5.75 Å². The lowest BCUT2D eigenvalue weighted by atomic mass is 10.1. The maximum atomic E-state index is 5.67. The lowest BCUT2D eigenvalue weighted by molar-refractivity contribution is 0.242. The minimum atomic E-state index is 0.198. The van der Waals surface area contributed by atoms with Crippen molar-refractivity contribution in [3.63, 3.8) is 0 Å². The van der Waals surface area contributed by atoms with Crippen LogP contribution in [-0.4, -0.2) is 6.10 Å². The quantitative estimate of drug-likeness (QED) is 0.633. The number of nitrogens with one attached hydrogen (secondary N) is 1. The molecule has 0 heterocycles. The molecule has 0 spiro atoms. The van der Waals surface area contributed by atoms with Crippen LogP contribution in [0.5, 0.6) is 5.75 Å². The third-order valence-electron chi connectivity index (χ3n) is 3.05. The standard InChI is InChI=1S/C17H19Br2NO/c1-11(2)21-15-7-4-13(5-8-15)12(3)20-17-10-14(18)6-9-16(17)19/h4-12,20H,1-3H3. The fourth-order valence-electron chi connectivity index (χ4n) is 2.03. The summed E-state index contributed by atoms with van der Waals surface area (Å²) in [4.78, 5) is 0. The smallest absolute Gasteiger partial charge is 0.119 e. The van der Waals surface area contributed by atoms with Crippen molar-refractivity contribution in [1.29, 1.82) is 0 Å². The minimum absolute atomic E-state index is 0.198. The van der Waals surface area contributed by atoms with Crippen LogP contribution in [0, 0.1) is 0 Å². The fourth-order valence-corrected chi connectivity index (χ4v) is 2.75. The molecular weight excluding hydrogens is 394 g/mol. The van der Waals surface area contributed by atoms with E-state index in [-0.39, 0.29) is 12.1 Å². The van der Waals surface area contributed by atoms with Crippen LogP contribution in [0.1, 0.15) is 32.4 Å². The third-order valence-corrected chi connectivity index (χ3v) is 4.24. The maximum Gasteiger partial charge on any atom is 0.119 e. The van der Waals surface area contributed by atoms with E-state index in [1.54, 1.807) is 0 Å². The second-order valence-electron chi connectivity index (χ2n) is 5.23. The Morgan fingerprint density at radius 1 is 0.952 bits per heavy atom. The zero-order valence-corrected chi connectivity index (χ0v) is 15.5. The van der Waals surface area contributed by atoms with Gasteiger partial charge in [0, 0.05) is 15.0 Å². The van der Waals surface area contributed by atoms with Crippen molar-refractivity contribution >= 4 is 37.5 Å². The zero-order valence-electron chi connectivity index (χ0n) is 12.4. The van der Waals surface area contributed by atoms with Crippen molar-refractivity contribution in [2.45, 2.75) is 32.9 Å². The van der Waals surface area contributed by atoms with Crippen LogP contribution in [0.15, 0.2) is 51.4 Å². The van der Waals surface area contributed by atoms with Gasteiger partial charge in [-0.05, 0) is 72.6 Å². The first kappa shape index (κ1) is 16.4. The molecular formula is C17H19Br2NO. The molecule has 0 amide bonds. The highest BCUT2D eigenvalue weighted by Crippen LogP contribution is 2.30. The fraction of sp³-hybridized carbons (Fsp3) is 0.294. The number of benzene rings is 2. The van der Waals surface area contributed by atoms with E-state index < -0.39 is 0 Å². The van der Waals surface area contributed by atoms with Crippen LogP contribution in [0.4, 0.5) is 5.69 Å². The minimum Gasteiger partial charge on any atom is -0.491 e. The van der Waals surface area contributed by atoms with Gasteiger partial charge in [0.05, 0.1) is 11.8 Å². The van der Waals surface area contributed by atoms with Crippen LogP contribution in [0.2, 0.25) is 0 Å². The normalized spacial score (nSPS) is 12.3. The molecule has 1 unspecified atom stereocenters. The van der Waals surface area contributed by atoms with E-state index >= 15 is 0 Å². The van der Waals surface area contributed by atoms with Gasteiger partial charge < -0.3 is 10.1 Å². The monoisotopic (exact) mass is 411 g/mol. The van der Waals surface area contributed by atoms with Gasteiger partial charge >= 0.3 is 0 Å². The van der Waals surface area contributed by atoms with E-state index in [2.05, 4.69) is 62.3 Å². The van der Waals surface area contributed by atoms with Gasteiger partial charge in [0.15, 0.2) is 0 Å². The van der Waals surface area contributed by atoms with Crippen LogP contribution in [-0.2, 0) is 0 Å². The average molecular weight is 413 g/mol. The second kappa shape index (κ2) is 7.32. The Bertz CT molecular complexity index is 596. The highest BCUT2D eigenvalue weighted by atomic mass is 79.9. The molecule has 1 N–H and O–H groups in total. The number of hydrogen-bond donors (Lipinski definition) is 1. The van der Waals surface area contributed by atoms with Crippen LogP contribution < -0.4 is 10.1 Å². The number of rotatable bonds is 5. The van der Waals surface area contributed by atoms with E-state index in [0.717, 1.165) is 20.4 Å². The molecule has 112 valence electrons.